The summed E-state index contributed by atoms with van der Waals surface area (Å²) in [5, 5.41) is 0. The summed E-state index contributed by atoms with van der Waals surface area (Å²) < 4.78 is 110. The third kappa shape index (κ3) is 6.94. The number of hydrogen-bond donors (Lipinski definition) is 0. The largest absolute Gasteiger partial charge is 0.459 e. The van der Waals surface area contributed by atoms with Gasteiger partial charge in [0, 0.05) is 6.66 Å². The maximum Gasteiger partial charge on any atom is 0.459 e. The summed E-state index contributed by atoms with van der Waals surface area (Å²) >= 11 is 0. The van der Waals surface area contributed by atoms with Crippen LogP contribution in [0.5, 0.6) is 0 Å². The molecule has 0 aromatic rings. The summed E-state index contributed by atoms with van der Waals surface area (Å²) in [5.74, 6) is -11.6. The first kappa shape index (κ1) is 20.6. The fraction of sp³-hybridized carbons (Fsp3) is 1.00. The summed E-state index contributed by atoms with van der Waals surface area (Å²) in [7, 11) is -2.13. The molecule has 0 fully saturated rings. The van der Waals surface area contributed by atoms with Gasteiger partial charge in [0.2, 0.25) is 0 Å². The summed E-state index contributed by atoms with van der Waals surface area (Å²) in [6, 6.07) is 0. The van der Waals surface area contributed by atoms with E-state index in [4.69, 9.17) is 4.74 Å². The Bertz CT molecular complexity index is 335. The molecule has 0 aromatic heterocycles. The van der Waals surface area contributed by atoms with Crippen LogP contribution in [0.25, 0.3) is 0 Å². The third-order valence-electron chi connectivity index (χ3n) is 2.00. The Morgan fingerprint density at radius 3 is 1.81 bits per heavy atom. The molecule has 0 bridgehead atoms. The van der Waals surface area contributed by atoms with Gasteiger partial charge in [-0.2, -0.15) is 30.7 Å². The highest BCUT2D eigenvalue weighted by Crippen LogP contribution is 2.46. The van der Waals surface area contributed by atoms with E-state index in [1.54, 1.807) is 0 Å². The molecule has 0 aliphatic heterocycles. The molecule has 0 heterocycles. The minimum absolute atomic E-state index is 0.0311. The first-order chi connectivity index (χ1) is 9.42. The fourth-order valence-corrected chi connectivity index (χ4v) is 1.33. The summed E-state index contributed by atoms with van der Waals surface area (Å²) in [5.41, 5.74) is 0. The van der Waals surface area contributed by atoms with Crippen molar-refractivity contribution in [3.63, 3.8) is 0 Å². The second-order valence-electron chi connectivity index (χ2n) is 3.78. The molecule has 128 valence electrons. The van der Waals surface area contributed by atoms with E-state index in [1.807, 2.05) is 0 Å². The van der Waals surface area contributed by atoms with Crippen LogP contribution in [0.15, 0.2) is 0 Å². The lowest BCUT2D eigenvalue weighted by molar-refractivity contribution is -0.361. The van der Waals surface area contributed by atoms with Crippen LogP contribution in [0, 0.1) is 0 Å². The van der Waals surface area contributed by atoms with Crippen LogP contribution in [-0.2, 0) is 18.6 Å². The van der Waals surface area contributed by atoms with Gasteiger partial charge in [0.25, 0.3) is 0 Å². The molecule has 0 N–H and O–H groups in total. The Labute approximate surface area is 116 Å². The van der Waals surface area contributed by atoms with Gasteiger partial charge in [-0.25, -0.2) is 0 Å². The van der Waals surface area contributed by atoms with Gasteiger partial charge in [0.1, 0.15) is 6.61 Å². The molecular formula is C9H14F7O4P. The molecule has 0 aromatic carbocycles. The van der Waals surface area contributed by atoms with Crippen LogP contribution in [0.2, 0.25) is 0 Å². The van der Waals surface area contributed by atoms with Crippen LogP contribution < -0.4 is 0 Å². The first-order valence-corrected chi connectivity index (χ1v) is 7.34. The quantitative estimate of drug-likeness (QED) is 0.345. The minimum Gasteiger partial charge on any atom is -0.377 e. The average molecular weight is 350 g/mol. The molecule has 0 radical (unpaired) electrons. The highest BCUT2D eigenvalue weighted by Gasteiger charge is 2.72. The van der Waals surface area contributed by atoms with Gasteiger partial charge < -0.3 is 14.0 Å². The lowest BCUT2D eigenvalue weighted by Crippen LogP contribution is -2.54. The lowest BCUT2D eigenvalue weighted by atomic mass is 10.2. The maximum atomic E-state index is 12.7. The van der Waals surface area contributed by atoms with Gasteiger partial charge in [-0.3, -0.25) is 4.57 Å². The van der Waals surface area contributed by atoms with Crippen molar-refractivity contribution in [1.29, 1.82) is 0 Å². The zero-order chi connectivity index (χ0) is 16.7. The topological polar surface area (TPSA) is 44.8 Å². The number of ether oxygens (including phenoxy) is 2. The van der Waals surface area contributed by atoms with E-state index in [0.29, 0.717) is 0 Å². The van der Waals surface area contributed by atoms with Crippen molar-refractivity contribution in [2.75, 3.05) is 39.7 Å². The third-order valence-corrected chi connectivity index (χ3v) is 2.61. The zero-order valence-electron chi connectivity index (χ0n) is 10.8. The Morgan fingerprint density at radius 1 is 0.857 bits per heavy atom. The summed E-state index contributed by atoms with van der Waals surface area (Å²) in [4.78, 5) is 0. The molecule has 21 heavy (non-hydrogen) atoms. The molecule has 0 rings (SSSR count). The monoisotopic (exact) mass is 350 g/mol. The first-order valence-electron chi connectivity index (χ1n) is 5.53. The van der Waals surface area contributed by atoms with E-state index >= 15 is 0 Å². The summed E-state index contributed by atoms with van der Waals surface area (Å²) in [6.07, 6.45) is -6.37. The molecule has 0 aliphatic carbocycles. The number of rotatable bonds is 10. The van der Waals surface area contributed by atoms with Crippen molar-refractivity contribution in [3.8, 4) is 0 Å². The molecule has 0 saturated heterocycles. The van der Waals surface area contributed by atoms with Crippen molar-refractivity contribution in [2.24, 2.45) is 0 Å². The van der Waals surface area contributed by atoms with E-state index in [2.05, 4.69) is 9.26 Å². The van der Waals surface area contributed by atoms with Gasteiger partial charge in [-0.15, -0.1) is 0 Å². The van der Waals surface area contributed by atoms with Gasteiger partial charge >= 0.3 is 18.0 Å². The maximum absolute atomic E-state index is 12.7. The summed E-state index contributed by atoms with van der Waals surface area (Å²) in [6.45, 7) is -1.77. The van der Waals surface area contributed by atoms with E-state index in [1.165, 1.54) is 6.66 Å². The van der Waals surface area contributed by atoms with Crippen LogP contribution in [-0.4, -0.2) is 57.7 Å². The second kappa shape index (κ2) is 8.30. The van der Waals surface area contributed by atoms with E-state index in [-0.39, 0.29) is 19.8 Å². The van der Waals surface area contributed by atoms with Crippen molar-refractivity contribution < 1.29 is 49.3 Å². The normalized spacial score (nSPS) is 15.2. The zero-order valence-corrected chi connectivity index (χ0v) is 11.8. The molecule has 0 amide bonds. The predicted molar refractivity (Wildman–Crippen MR) is 58.5 cm³/mol. The average Bonchev–Trinajstić information content (AvgIpc) is 2.30. The van der Waals surface area contributed by atoms with Gasteiger partial charge in [-0.1, -0.05) is 0 Å². The highest BCUT2D eigenvalue weighted by atomic mass is 31.1. The molecule has 0 aliphatic rings. The Kier molecular flexibility index (Phi) is 8.15. The van der Waals surface area contributed by atoms with Crippen LogP contribution in [0.4, 0.5) is 30.7 Å². The number of alkyl halides is 7. The molecule has 0 spiro atoms. The van der Waals surface area contributed by atoms with Crippen molar-refractivity contribution in [1.82, 2.24) is 0 Å². The van der Waals surface area contributed by atoms with E-state index in [9.17, 15) is 35.3 Å². The molecule has 0 saturated carbocycles. The SMILES string of the molecule is C[PH](=O)OCCOCCOCC(F)(F)C(F)(F)C(F)(F)F. The Hall–Kier alpha value is -0.380. The molecular weight excluding hydrogens is 336 g/mol. The van der Waals surface area contributed by atoms with E-state index in [0.717, 1.165) is 0 Å². The van der Waals surface area contributed by atoms with Crippen molar-refractivity contribution in [3.05, 3.63) is 0 Å². The van der Waals surface area contributed by atoms with Gasteiger partial charge in [0.05, 0.1) is 26.4 Å². The molecule has 1 unspecified atom stereocenters. The standard InChI is InChI=1S/C9H14F7O4P/c1-21(17)20-5-4-18-2-3-19-6-7(10,11)8(12,13)9(14,15)16/h21H,2-6H2,1H3. The highest BCUT2D eigenvalue weighted by molar-refractivity contribution is 7.38. The fourth-order valence-electron chi connectivity index (χ4n) is 0.963. The number of hydrogen-bond acceptors (Lipinski definition) is 4. The van der Waals surface area contributed by atoms with E-state index < -0.39 is 39.3 Å². The predicted octanol–water partition coefficient (Wildman–Crippen LogP) is 2.97. The lowest BCUT2D eigenvalue weighted by Gasteiger charge is -2.27. The van der Waals surface area contributed by atoms with Crippen LogP contribution in [0.1, 0.15) is 0 Å². The Balaban J connectivity index is 3.93. The van der Waals surface area contributed by atoms with Crippen molar-refractivity contribution in [2.45, 2.75) is 18.0 Å². The number of halogens is 7. The van der Waals surface area contributed by atoms with Crippen LogP contribution >= 0.6 is 8.03 Å². The van der Waals surface area contributed by atoms with Crippen LogP contribution in [0.3, 0.4) is 0 Å². The second-order valence-corrected chi connectivity index (χ2v) is 5.05. The smallest absolute Gasteiger partial charge is 0.377 e. The minimum atomic E-state index is -6.37. The molecule has 4 nitrogen and oxygen atoms in total. The van der Waals surface area contributed by atoms with Gasteiger partial charge in [0.15, 0.2) is 8.03 Å². The van der Waals surface area contributed by atoms with Gasteiger partial charge in [-0.05, 0) is 0 Å². The Morgan fingerprint density at radius 2 is 1.33 bits per heavy atom. The van der Waals surface area contributed by atoms with Crippen molar-refractivity contribution >= 4 is 8.03 Å². The molecule has 12 heteroatoms. The molecule has 1 atom stereocenters.